The largest absolute Gasteiger partial charge is 0.480 e. The molecule has 0 bridgehead atoms. The molecular formula is C23H33NO3. The first-order chi connectivity index (χ1) is 12.6. The minimum Gasteiger partial charge on any atom is -0.480 e. The van der Waals surface area contributed by atoms with Gasteiger partial charge in [-0.25, -0.2) is 0 Å². The van der Waals surface area contributed by atoms with Crippen LogP contribution in [0.15, 0.2) is 35.5 Å². The molecule has 3 aliphatic rings. The van der Waals surface area contributed by atoms with E-state index in [-0.39, 0.29) is 11.3 Å². The van der Waals surface area contributed by atoms with Crippen LogP contribution in [0.4, 0.5) is 0 Å². The minimum atomic E-state index is -0.993. The van der Waals surface area contributed by atoms with Crippen molar-refractivity contribution in [2.75, 3.05) is 0 Å². The van der Waals surface area contributed by atoms with Crippen LogP contribution in [0.5, 0.6) is 0 Å². The summed E-state index contributed by atoms with van der Waals surface area (Å²) in [5, 5.41) is 11.9. The van der Waals surface area contributed by atoms with Gasteiger partial charge in [-0.15, -0.1) is 6.58 Å². The van der Waals surface area contributed by atoms with Gasteiger partial charge in [-0.05, 0) is 80.8 Å². The van der Waals surface area contributed by atoms with Gasteiger partial charge in [0.1, 0.15) is 6.04 Å². The molecule has 0 saturated carbocycles. The van der Waals surface area contributed by atoms with Crippen molar-refractivity contribution in [1.82, 2.24) is 5.32 Å². The quantitative estimate of drug-likeness (QED) is 0.708. The monoisotopic (exact) mass is 371 g/mol. The Bertz CT molecular complexity index is 734. The first-order valence-corrected chi connectivity index (χ1v) is 10.2. The van der Waals surface area contributed by atoms with Crippen molar-refractivity contribution >= 4 is 11.9 Å². The summed E-state index contributed by atoms with van der Waals surface area (Å²) < 4.78 is 0. The van der Waals surface area contributed by atoms with E-state index in [9.17, 15) is 14.7 Å². The predicted octanol–water partition coefficient (Wildman–Crippen LogP) is 4.63. The van der Waals surface area contributed by atoms with Crippen molar-refractivity contribution in [2.24, 2.45) is 22.7 Å². The maximum Gasteiger partial charge on any atom is 0.325 e. The van der Waals surface area contributed by atoms with Gasteiger partial charge in [0.2, 0.25) is 5.91 Å². The van der Waals surface area contributed by atoms with Crippen molar-refractivity contribution in [1.29, 1.82) is 0 Å². The fourth-order valence-corrected chi connectivity index (χ4v) is 5.27. The van der Waals surface area contributed by atoms with E-state index in [0.717, 1.165) is 38.5 Å². The van der Waals surface area contributed by atoms with Gasteiger partial charge in [-0.1, -0.05) is 31.6 Å². The second-order valence-corrected chi connectivity index (χ2v) is 9.36. The van der Waals surface area contributed by atoms with Crippen LogP contribution < -0.4 is 5.32 Å². The summed E-state index contributed by atoms with van der Waals surface area (Å²) in [7, 11) is 0. The molecule has 0 aromatic rings. The van der Waals surface area contributed by atoms with Gasteiger partial charge in [0.25, 0.3) is 0 Å². The first kappa shape index (κ1) is 19.9. The Kier molecular flexibility index (Phi) is 5.13. The molecule has 4 heteroatoms. The molecule has 0 saturated heterocycles. The number of hydrogen-bond acceptors (Lipinski definition) is 2. The zero-order valence-electron chi connectivity index (χ0n) is 17.1. The van der Waals surface area contributed by atoms with Crippen molar-refractivity contribution in [3.63, 3.8) is 0 Å². The molecule has 2 N–H and O–H groups in total. The number of aliphatic carboxylic acids is 1. The Morgan fingerprint density at radius 3 is 2.70 bits per heavy atom. The second kappa shape index (κ2) is 6.96. The number of allylic oxidation sites excluding steroid dienone is 4. The van der Waals surface area contributed by atoms with Gasteiger partial charge in [0.05, 0.1) is 5.41 Å². The predicted molar refractivity (Wildman–Crippen MR) is 107 cm³/mol. The molecule has 4 nitrogen and oxygen atoms in total. The summed E-state index contributed by atoms with van der Waals surface area (Å²) in [6.45, 7) is 12.1. The normalized spacial score (nSPS) is 36.8. The number of nitrogens with one attached hydrogen (secondary N) is 1. The number of hydrogen-bond donors (Lipinski definition) is 2. The summed E-state index contributed by atoms with van der Waals surface area (Å²) in [4.78, 5) is 24.3. The number of fused-ring (bicyclic) bond motifs is 2. The first-order valence-electron chi connectivity index (χ1n) is 10.2. The fraction of sp³-hybridized carbons (Fsp3) is 0.652. The molecule has 0 fully saturated rings. The minimum absolute atomic E-state index is 0.136. The Hall–Kier alpha value is -1.84. The molecule has 0 heterocycles. The third-order valence-electron chi connectivity index (χ3n) is 7.27. The molecule has 0 aromatic heterocycles. The van der Waals surface area contributed by atoms with Crippen LogP contribution in [-0.2, 0) is 9.59 Å². The van der Waals surface area contributed by atoms with Gasteiger partial charge in [-0.2, -0.15) is 0 Å². The van der Waals surface area contributed by atoms with Crippen molar-refractivity contribution in [3.05, 3.63) is 35.5 Å². The lowest BCUT2D eigenvalue weighted by atomic mass is 9.57. The molecule has 5 atom stereocenters. The molecule has 3 aliphatic carbocycles. The highest BCUT2D eigenvalue weighted by molar-refractivity contribution is 5.90. The van der Waals surface area contributed by atoms with Gasteiger partial charge >= 0.3 is 5.97 Å². The number of rotatable bonds is 4. The van der Waals surface area contributed by atoms with Crippen LogP contribution in [0.1, 0.15) is 66.2 Å². The lowest BCUT2D eigenvalue weighted by molar-refractivity contribution is -0.142. The zero-order chi connectivity index (χ0) is 20.0. The summed E-state index contributed by atoms with van der Waals surface area (Å²) in [5.74, 6) is -0.124. The van der Waals surface area contributed by atoms with Gasteiger partial charge in [-0.3, -0.25) is 9.59 Å². The van der Waals surface area contributed by atoms with Crippen molar-refractivity contribution < 1.29 is 14.7 Å². The summed E-state index contributed by atoms with van der Waals surface area (Å²) >= 11 is 0. The molecule has 148 valence electrons. The van der Waals surface area contributed by atoms with E-state index in [0.29, 0.717) is 11.8 Å². The fourth-order valence-electron chi connectivity index (χ4n) is 5.27. The van der Waals surface area contributed by atoms with E-state index in [4.69, 9.17) is 0 Å². The molecule has 2 unspecified atom stereocenters. The van der Waals surface area contributed by atoms with Gasteiger partial charge < -0.3 is 10.4 Å². The molecular weight excluding hydrogens is 338 g/mol. The lowest BCUT2D eigenvalue weighted by Crippen LogP contribution is -2.49. The summed E-state index contributed by atoms with van der Waals surface area (Å²) in [6.07, 6.45) is 10.4. The van der Waals surface area contributed by atoms with E-state index in [1.807, 2.05) is 6.92 Å². The summed E-state index contributed by atoms with van der Waals surface area (Å²) in [5.41, 5.74) is 3.66. The topological polar surface area (TPSA) is 66.4 Å². The SMILES string of the molecule is C=C[C@]1(C)CC=C2C3=C(CCC2C1)[C@@](C)(C(=O)N[C@@H](C)C(=O)O)CCC3C. The standard InChI is InChI=1S/C23H33NO3/c1-6-22(4)11-10-17-16(13-22)7-8-18-19(17)14(2)9-12-23(18,5)21(27)24-15(3)20(25)26/h6,10,14-16H,1,7-9,11-13H2,2-5H3,(H,24,27)(H,25,26)/t14?,15-,16?,22+,23-/m0/s1. The van der Waals surface area contributed by atoms with Crippen LogP contribution in [0.3, 0.4) is 0 Å². The van der Waals surface area contributed by atoms with E-state index in [1.54, 1.807) is 0 Å². The highest BCUT2D eigenvalue weighted by Crippen LogP contribution is 2.55. The number of carboxylic acid groups (broad SMARTS) is 1. The van der Waals surface area contributed by atoms with E-state index < -0.39 is 17.4 Å². The van der Waals surface area contributed by atoms with Crippen LogP contribution in [0, 0.1) is 22.7 Å². The van der Waals surface area contributed by atoms with Gasteiger partial charge in [0, 0.05) is 0 Å². The third kappa shape index (κ3) is 3.39. The molecule has 0 radical (unpaired) electrons. The maximum atomic E-state index is 13.1. The Morgan fingerprint density at radius 1 is 1.37 bits per heavy atom. The van der Waals surface area contributed by atoms with Crippen LogP contribution >= 0.6 is 0 Å². The van der Waals surface area contributed by atoms with E-state index in [2.05, 4.69) is 37.9 Å². The van der Waals surface area contributed by atoms with Crippen LogP contribution in [0.25, 0.3) is 0 Å². The Balaban J connectivity index is 1.98. The number of amides is 1. The van der Waals surface area contributed by atoms with Gasteiger partial charge in [0.15, 0.2) is 0 Å². The average Bonchev–Trinajstić information content (AvgIpc) is 2.63. The van der Waals surface area contributed by atoms with E-state index in [1.165, 1.54) is 23.6 Å². The molecule has 0 spiro atoms. The molecule has 1 amide bonds. The maximum absolute atomic E-state index is 13.1. The average molecular weight is 372 g/mol. The van der Waals surface area contributed by atoms with Crippen LogP contribution in [-0.4, -0.2) is 23.0 Å². The smallest absolute Gasteiger partial charge is 0.325 e. The highest BCUT2D eigenvalue weighted by Gasteiger charge is 2.47. The van der Waals surface area contributed by atoms with Crippen molar-refractivity contribution in [2.45, 2.75) is 72.3 Å². The third-order valence-corrected chi connectivity index (χ3v) is 7.27. The second-order valence-electron chi connectivity index (χ2n) is 9.36. The van der Waals surface area contributed by atoms with Crippen LogP contribution in [0.2, 0.25) is 0 Å². The molecule has 27 heavy (non-hydrogen) atoms. The zero-order valence-corrected chi connectivity index (χ0v) is 17.1. The Labute approximate surface area is 162 Å². The summed E-state index contributed by atoms with van der Waals surface area (Å²) in [6, 6.07) is -0.865. The molecule has 0 aromatic carbocycles. The van der Waals surface area contributed by atoms with E-state index >= 15 is 0 Å². The van der Waals surface area contributed by atoms with Crippen molar-refractivity contribution in [3.8, 4) is 0 Å². The number of carbonyl (C=O) groups excluding carboxylic acids is 1. The molecule has 3 rings (SSSR count). The lowest BCUT2D eigenvalue weighted by Gasteiger charge is -2.48. The number of carbonyl (C=O) groups is 2. The Morgan fingerprint density at radius 2 is 2.07 bits per heavy atom. The molecule has 0 aliphatic heterocycles. The number of carboxylic acids is 1. The highest BCUT2D eigenvalue weighted by atomic mass is 16.4.